The van der Waals surface area contributed by atoms with E-state index in [0.29, 0.717) is 18.5 Å². The number of nitrogens with one attached hydrogen (secondary N) is 2. The van der Waals surface area contributed by atoms with Crippen molar-refractivity contribution in [2.45, 2.75) is 20.3 Å². The van der Waals surface area contributed by atoms with Gasteiger partial charge in [0.05, 0.1) is 11.3 Å². The van der Waals surface area contributed by atoms with E-state index in [-0.39, 0.29) is 11.3 Å². The molecule has 0 saturated heterocycles. The number of hydrogen-bond acceptors (Lipinski definition) is 3. The van der Waals surface area contributed by atoms with Crippen LogP contribution in [0, 0.1) is 6.92 Å². The van der Waals surface area contributed by atoms with Gasteiger partial charge in [-0.2, -0.15) is 13.1 Å². The normalized spacial score (nSPS) is 11.2. The molecule has 0 atom stereocenters. The number of anilines is 1. The molecule has 0 aliphatic heterocycles. The summed E-state index contributed by atoms with van der Waals surface area (Å²) < 4.78 is 27.7. The van der Waals surface area contributed by atoms with Crippen molar-refractivity contribution in [3.63, 3.8) is 0 Å². The summed E-state index contributed by atoms with van der Waals surface area (Å²) in [5, 5.41) is 8.94. The predicted molar refractivity (Wildman–Crippen MR) is 69.0 cm³/mol. The lowest BCUT2D eigenvalue weighted by molar-refractivity contribution is 0.0696. The third kappa shape index (κ3) is 4.01. The van der Waals surface area contributed by atoms with Gasteiger partial charge in [0.25, 0.3) is 10.2 Å². The van der Waals surface area contributed by atoms with Crippen LogP contribution < -0.4 is 9.44 Å². The van der Waals surface area contributed by atoms with E-state index in [1.165, 1.54) is 12.1 Å². The minimum absolute atomic E-state index is 0.0747. The minimum atomic E-state index is -3.65. The maximum absolute atomic E-state index is 11.6. The third-order valence-electron chi connectivity index (χ3n) is 2.26. The van der Waals surface area contributed by atoms with Gasteiger partial charge in [0.15, 0.2) is 0 Å². The highest BCUT2D eigenvalue weighted by molar-refractivity contribution is 7.90. The molecular weight excluding hydrogens is 256 g/mol. The maximum atomic E-state index is 11.6. The van der Waals surface area contributed by atoms with Crippen molar-refractivity contribution >= 4 is 21.9 Å². The van der Waals surface area contributed by atoms with Crippen molar-refractivity contribution in [1.29, 1.82) is 0 Å². The van der Waals surface area contributed by atoms with E-state index in [4.69, 9.17) is 5.11 Å². The Balaban J connectivity index is 2.92. The number of aryl methyl sites for hydroxylation is 1. The van der Waals surface area contributed by atoms with Crippen molar-refractivity contribution in [2.24, 2.45) is 0 Å². The molecule has 0 aromatic heterocycles. The molecule has 7 heteroatoms. The molecule has 0 aliphatic carbocycles. The summed E-state index contributed by atoms with van der Waals surface area (Å²) in [5.74, 6) is -1.09. The van der Waals surface area contributed by atoms with Gasteiger partial charge in [-0.05, 0) is 31.0 Å². The molecular formula is C11H16N2O4S. The molecule has 0 saturated carbocycles. The zero-order valence-corrected chi connectivity index (χ0v) is 11.0. The average molecular weight is 272 g/mol. The zero-order valence-electron chi connectivity index (χ0n) is 10.2. The van der Waals surface area contributed by atoms with Gasteiger partial charge in [-0.25, -0.2) is 4.79 Å². The molecule has 3 N–H and O–H groups in total. The van der Waals surface area contributed by atoms with Crippen LogP contribution in [0.4, 0.5) is 5.69 Å². The van der Waals surface area contributed by atoms with Crippen molar-refractivity contribution in [2.75, 3.05) is 11.3 Å². The number of benzene rings is 1. The fraction of sp³-hybridized carbons (Fsp3) is 0.364. The third-order valence-corrected chi connectivity index (χ3v) is 3.35. The first-order chi connectivity index (χ1) is 8.35. The highest BCUT2D eigenvalue weighted by Gasteiger charge is 2.12. The lowest BCUT2D eigenvalue weighted by atomic mass is 10.1. The lowest BCUT2D eigenvalue weighted by Gasteiger charge is -2.10. The summed E-state index contributed by atoms with van der Waals surface area (Å²) >= 11 is 0. The Bertz CT molecular complexity index is 540. The SMILES string of the molecule is CCCNS(=O)(=O)Nc1ccc(C)c(C(=O)O)c1. The Labute approximate surface area is 106 Å². The number of carbonyl (C=O) groups is 1. The summed E-state index contributed by atoms with van der Waals surface area (Å²) in [6.07, 6.45) is 0.676. The molecule has 1 aromatic rings. The first-order valence-corrected chi connectivity index (χ1v) is 6.95. The van der Waals surface area contributed by atoms with Crippen LogP contribution >= 0.6 is 0 Å². The van der Waals surface area contributed by atoms with E-state index < -0.39 is 16.2 Å². The van der Waals surface area contributed by atoms with Crippen molar-refractivity contribution in [3.8, 4) is 0 Å². The topological polar surface area (TPSA) is 95.5 Å². The lowest BCUT2D eigenvalue weighted by Crippen LogP contribution is -2.30. The standard InChI is InChI=1S/C11H16N2O4S/c1-3-6-12-18(16,17)13-9-5-4-8(2)10(7-9)11(14)15/h4-5,7,12-13H,3,6H2,1-2H3,(H,14,15). The number of carboxylic acid groups (broad SMARTS) is 1. The van der Waals surface area contributed by atoms with Crippen LogP contribution in [0.1, 0.15) is 29.3 Å². The fourth-order valence-electron chi connectivity index (χ4n) is 1.34. The van der Waals surface area contributed by atoms with E-state index in [1.54, 1.807) is 13.0 Å². The Morgan fingerprint density at radius 3 is 2.61 bits per heavy atom. The molecule has 0 spiro atoms. The fourth-order valence-corrected chi connectivity index (χ4v) is 2.33. The van der Waals surface area contributed by atoms with Crippen LogP contribution in [0.15, 0.2) is 18.2 Å². The monoisotopic (exact) mass is 272 g/mol. The number of aromatic carboxylic acids is 1. The van der Waals surface area contributed by atoms with Gasteiger partial charge in [-0.1, -0.05) is 13.0 Å². The summed E-state index contributed by atoms with van der Waals surface area (Å²) in [6, 6.07) is 4.37. The molecule has 1 rings (SSSR count). The van der Waals surface area contributed by atoms with Gasteiger partial charge >= 0.3 is 5.97 Å². The second-order valence-corrected chi connectivity index (χ2v) is 5.33. The quantitative estimate of drug-likeness (QED) is 0.728. The van der Waals surface area contributed by atoms with Crippen molar-refractivity contribution in [3.05, 3.63) is 29.3 Å². The van der Waals surface area contributed by atoms with E-state index in [9.17, 15) is 13.2 Å². The highest BCUT2D eigenvalue weighted by Crippen LogP contribution is 2.16. The Hall–Kier alpha value is -1.60. The van der Waals surface area contributed by atoms with Gasteiger partial charge in [0, 0.05) is 6.54 Å². The van der Waals surface area contributed by atoms with E-state index in [0.717, 1.165) is 0 Å². The zero-order chi connectivity index (χ0) is 13.8. The Kier molecular flexibility index (Phi) is 4.69. The second kappa shape index (κ2) is 5.83. The second-order valence-electron chi connectivity index (χ2n) is 3.83. The maximum Gasteiger partial charge on any atom is 0.336 e. The van der Waals surface area contributed by atoms with Crippen LogP contribution in [0.2, 0.25) is 0 Å². The first-order valence-electron chi connectivity index (χ1n) is 5.47. The molecule has 0 unspecified atom stereocenters. The van der Waals surface area contributed by atoms with Gasteiger partial charge in [0.2, 0.25) is 0 Å². The number of carboxylic acids is 1. The van der Waals surface area contributed by atoms with Crippen LogP contribution in [-0.2, 0) is 10.2 Å². The van der Waals surface area contributed by atoms with Crippen LogP contribution in [0.25, 0.3) is 0 Å². The van der Waals surface area contributed by atoms with Crippen molar-refractivity contribution in [1.82, 2.24) is 4.72 Å². The molecule has 100 valence electrons. The molecule has 0 bridgehead atoms. The van der Waals surface area contributed by atoms with E-state index in [2.05, 4.69) is 9.44 Å². The summed E-state index contributed by atoms with van der Waals surface area (Å²) in [4.78, 5) is 10.9. The molecule has 0 aliphatic rings. The van der Waals surface area contributed by atoms with E-state index in [1.807, 2.05) is 6.92 Å². The van der Waals surface area contributed by atoms with Crippen LogP contribution in [0.3, 0.4) is 0 Å². The summed E-state index contributed by atoms with van der Waals surface area (Å²) in [7, 11) is -3.65. The average Bonchev–Trinajstić information content (AvgIpc) is 2.28. The number of hydrogen-bond donors (Lipinski definition) is 3. The predicted octanol–water partition coefficient (Wildman–Crippen LogP) is 1.35. The largest absolute Gasteiger partial charge is 0.478 e. The highest BCUT2D eigenvalue weighted by atomic mass is 32.2. The van der Waals surface area contributed by atoms with Crippen molar-refractivity contribution < 1.29 is 18.3 Å². The first kappa shape index (κ1) is 14.5. The molecule has 0 amide bonds. The molecule has 0 fully saturated rings. The molecule has 0 radical (unpaired) electrons. The van der Waals surface area contributed by atoms with E-state index >= 15 is 0 Å². The molecule has 18 heavy (non-hydrogen) atoms. The molecule has 6 nitrogen and oxygen atoms in total. The van der Waals surface area contributed by atoms with Crippen LogP contribution in [-0.4, -0.2) is 26.0 Å². The Morgan fingerprint density at radius 2 is 2.06 bits per heavy atom. The van der Waals surface area contributed by atoms with Gasteiger partial charge in [-0.15, -0.1) is 0 Å². The van der Waals surface area contributed by atoms with Crippen LogP contribution in [0.5, 0.6) is 0 Å². The molecule has 1 aromatic carbocycles. The van der Waals surface area contributed by atoms with Gasteiger partial charge < -0.3 is 5.11 Å². The molecule has 0 heterocycles. The Morgan fingerprint density at radius 1 is 1.39 bits per heavy atom. The summed E-state index contributed by atoms with van der Waals surface area (Å²) in [5.41, 5.74) is 0.874. The van der Waals surface area contributed by atoms with Gasteiger partial charge in [-0.3, -0.25) is 4.72 Å². The number of rotatable bonds is 6. The smallest absolute Gasteiger partial charge is 0.336 e. The summed E-state index contributed by atoms with van der Waals surface area (Å²) in [6.45, 7) is 3.82. The minimum Gasteiger partial charge on any atom is -0.478 e. The van der Waals surface area contributed by atoms with Gasteiger partial charge in [0.1, 0.15) is 0 Å².